The summed E-state index contributed by atoms with van der Waals surface area (Å²) in [7, 11) is 0. The predicted molar refractivity (Wildman–Crippen MR) is 73.1 cm³/mol. The largest absolute Gasteiger partial charge is 0.264 e. The lowest BCUT2D eigenvalue weighted by atomic mass is 9.65. The van der Waals surface area contributed by atoms with E-state index >= 15 is 0 Å². The van der Waals surface area contributed by atoms with E-state index in [1.54, 1.807) is 0 Å². The molecule has 1 heterocycles. The quantitative estimate of drug-likeness (QED) is 0.643. The van der Waals surface area contributed by atoms with Gasteiger partial charge >= 0.3 is 0 Å². The van der Waals surface area contributed by atoms with Gasteiger partial charge in [0.05, 0.1) is 0 Å². The van der Waals surface area contributed by atoms with Gasteiger partial charge in [0.15, 0.2) is 0 Å². The van der Waals surface area contributed by atoms with Crippen LogP contribution in [0.5, 0.6) is 0 Å². The monoisotopic (exact) mass is 231 g/mol. The van der Waals surface area contributed by atoms with E-state index in [0.717, 1.165) is 5.92 Å². The molecule has 2 rings (SSSR count). The molecule has 17 heavy (non-hydrogen) atoms. The van der Waals surface area contributed by atoms with Crippen molar-refractivity contribution in [3.63, 3.8) is 0 Å². The number of rotatable bonds is 0. The van der Waals surface area contributed by atoms with E-state index in [1.807, 2.05) is 6.20 Å². The second kappa shape index (κ2) is 3.83. The van der Waals surface area contributed by atoms with Gasteiger partial charge in [0.25, 0.3) is 0 Å². The van der Waals surface area contributed by atoms with Gasteiger partial charge in [-0.3, -0.25) is 4.98 Å². The van der Waals surface area contributed by atoms with Crippen LogP contribution in [0.4, 0.5) is 0 Å². The van der Waals surface area contributed by atoms with Crippen molar-refractivity contribution in [1.29, 1.82) is 0 Å². The highest BCUT2D eigenvalue weighted by atomic mass is 14.6. The number of aromatic nitrogens is 1. The van der Waals surface area contributed by atoms with Crippen molar-refractivity contribution in [3.05, 3.63) is 29.6 Å². The van der Waals surface area contributed by atoms with Gasteiger partial charge < -0.3 is 0 Å². The molecule has 2 unspecified atom stereocenters. The van der Waals surface area contributed by atoms with Crippen molar-refractivity contribution in [2.24, 2.45) is 16.7 Å². The average Bonchev–Trinajstić information content (AvgIpc) is 2.54. The summed E-state index contributed by atoms with van der Waals surface area (Å²) in [6, 6.07) is 2.23. The molecule has 0 amide bonds. The molecule has 1 nitrogen and oxygen atoms in total. The van der Waals surface area contributed by atoms with Gasteiger partial charge in [-0.2, -0.15) is 0 Å². The first-order chi connectivity index (χ1) is 7.71. The molecule has 0 radical (unpaired) electrons. The molecule has 1 heteroatoms. The van der Waals surface area contributed by atoms with E-state index in [4.69, 9.17) is 0 Å². The third-order valence-corrected chi connectivity index (χ3v) is 4.16. The van der Waals surface area contributed by atoms with Crippen LogP contribution >= 0.6 is 0 Å². The fourth-order valence-electron chi connectivity index (χ4n) is 3.36. The standard InChI is InChI=1S/C16H25N/c1-15(2,3)13-9-11-10-17-8-7-12(11)14(13)16(4,5)6/h7-8,10,13-14H,9H2,1-6H3. The Morgan fingerprint density at radius 3 is 2.24 bits per heavy atom. The van der Waals surface area contributed by atoms with Crippen molar-refractivity contribution in [3.8, 4) is 0 Å². The summed E-state index contributed by atoms with van der Waals surface area (Å²) < 4.78 is 0. The van der Waals surface area contributed by atoms with Crippen LogP contribution in [0.15, 0.2) is 18.5 Å². The van der Waals surface area contributed by atoms with Crippen LogP contribution < -0.4 is 0 Å². The Kier molecular flexibility index (Phi) is 2.84. The smallest absolute Gasteiger partial charge is 0.0302 e. The molecule has 2 atom stereocenters. The van der Waals surface area contributed by atoms with Gasteiger partial charge in [-0.05, 0) is 46.3 Å². The molecule has 0 N–H and O–H groups in total. The van der Waals surface area contributed by atoms with Gasteiger partial charge in [0, 0.05) is 12.4 Å². The summed E-state index contributed by atoms with van der Waals surface area (Å²) in [6.07, 6.45) is 5.21. The van der Waals surface area contributed by atoms with E-state index in [-0.39, 0.29) is 0 Å². The van der Waals surface area contributed by atoms with E-state index < -0.39 is 0 Å². The fourth-order valence-corrected chi connectivity index (χ4v) is 3.36. The highest BCUT2D eigenvalue weighted by Gasteiger charge is 2.44. The zero-order valence-corrected chi connectivity index (χ0v) is 12.0. The highest BCUT2D eigenvalue weighted by Crippen LogP contribution is 2.53. The summed E-state index contributed by atoms with van der Waals surface area (Å²) in [5.41, 5.74) is 3.68. The van der Waals surface area contributed by atoms with Crippen molar-refractivity contribution < 1.29 is 0 Å². The number of hydrogen-bond donors (Lipinski definition) is 0. The summed E-state index contributed by atoms with van der Waals surface area (Å²) >= 11 is 0. The molecule has 1 aromatic heterocycles. The van der Waals surface area contributed by atoms with Crippen LogP contribution in [0.1, 0.15) is 58.6 Å². The Hall–Kier alpha value is -0.850. The maximum atomic E-state index is 4.29. The van der Waals surface area contributed by atoms with E-state index in [0.29, 0.717) is 16.7 Å². The number of hydrogen-bond acceptors (Lipinski definition) is 1. The molecule has 0 bridgehead atoms. The van der Waals surface area contributed by atoms with Gasteiger partial charge in [-0.1, -0.05) is 41.5 Å². The third-order valence-electron chi connectivity index (χ3n) is 4.16. The molecule has 94 valence electrons. The third kappa shape index (κ3) is 2.25. The minimum Gasteiger partial charge on any atom is -0.264 e. The second-order valence-corrected chi connectivity index (χ2v) is 7.59. The first-order valence-corrected chi connectivity index (χ1v) is 6.64. The van der Waals surface area contributed by atoms with Crippen LogP contribution in [0.25, 0.3) is 0 Å². The maximum Gasteiger partial charge on any atom is 0.0302 e. The molecule has 1 aromatic rings. The summed E-state index contributed by atoms with van der Waals surface area (Å²) in [5.74, 6) is 1.38. The van der Waals surface area contributed by atoms with Crippen molar-refractivity contribution in [2.75, 3.05) is 0 Å². The van der Waals surface area contributed by atoms with E-state index in [1.165, 1.54) is 17.5 Å². The Labute approximate surface area is 106 Å². The lowest BCUT2D eigenvalue weighted by molar-refractivity contribution is 0.142. The zero-order chi connectivity index (χ0) is 12.8. The first kappa shape index (κ1) is 12.6. The average molecular weight is 231 g/mol. The number of fused-ring (bicyclic) bond motifs is 1. The molecule has 0 saturated heterocycles. The van der Waals surface area contributed by atoms with E-state index in [2.05, 4.69) is 58.8 Å². The Bertz CT molecular complexity index is 406. The molecular weight excluding hydrogens is 206 g/mol. The number of nitrogens with zero attached hydrogens (tertiary/aromatic N) is 1. The van der Waals surface area contributed by atoms with Crippen molar-refractivity contribution in [2.45, 2.75) is 53.9 Å². The van der Waals surface area contributed by atoms with Gasteiger partial charge in [-0.25, -0.2) is 0 Å². The van der Waals surface area contributed by atoms with Crippen molar-refractivity contribution >= 4 is 0 Å². The maximum absolute atomic E-state index is 4.29. The molecule has 0 aliphatic heterocycles. The van der Waals surface area contributed by atoms with Crippen LogP contribution in [-0.2, 0) is 6.42 Å². The Morgan fingerprint density at radius 2 is 1.71 bits per heavy atom. The first-order valence-electron chi connectivity index (χ1n) is 6.64. The normalized spacial score (nSPS) is 24.8. The molecule has 0 saturated carbocycles. The fraction of sp³-hybridized carbons (Fsp3) is 0.688. The van der Waals surface area contributed by atoms with Crippen LogP contribution in [0, 0.1) is 16.7 Å². The SMILES string of the molecule is CC(C)(C)C1Cc2cnccc2C1C(C)(C)C. The minimum atomic E-state index is 0.324. The summed E-state index contributed by atoms with van der Waals surface area (Å²) in [6.45, 7) is 14.2. The molecule has 1 aliphatic carbocycles. The second-order valence-electron chi connectivity index (χ2n) is 7.59. The van der Waals surface area contributed by atoms with Crippen LogP contribution in [0.3, 0.4) is 0 Å². The lowest BCUT2D eigenvalue weighted by Crippen LogP contribution is -2.31. The van der Waals surface area contributed by atoms with Crippen LogP contribution in [0.2, 0.25) is 0 Å². The predicted octanol–water partition coefficient (Wildman–Crippen LogP) is 4.43. The van der Waals surface area contributed by atoms with Gasteiger partial charge in [0.1, 0.15) is 0 Å². The lowest BCUT2D eigenvalue weighted by Gasteiger charge is -2.40. The number of pyridine rings is 1. The molecule has 0 aromatic carbocycles. The summed E-state index contributed by atoms with van der Waals surface area (Å²) in [4.78, 5) is 4.29. The Morgan fingerprint density at radius 1 is 1.06 bits per heavy atom. The van der Waals surface area contributed by atoms with Crippen LogP contribution in [-0.4, -0.2) is 4.98 Å². The highest BCUT2D eigenvalue weighted by molar-refractivity contribution is 5.36. The molecule has 0 fully saturated rings. The molecule has 1 aliphatic rings. The van der Waals surface area contributed by atoms with Gasteiger partial charge in [-0.15, -0.1) is 0 Å². The van der Waals surface area contributed by atoms with Gasteiger partial charge in [0.2, 0.25) is 0 Å². The molecule has 0 spiro atoms. The molecular formula is C16H25N. The van der Waals surface area contributed by atoms with E-state index in [9.17, 15) is 0 Å². The zero-order valence-electron chi connectivity index (χ0n) is 12.0. The Balaban J connectivity index is 2.48. The summed E-state index contributed by atoms with van der Waals surface area (Å²) in [5, 5.41) is 0. The minimum absolute atomic E-state index is 0.324. The topological polar surface area (TPSA) is 12.9 Å². The van der Waals surface area contributed by atoms with Crippen molar-refractivity contribution in [1.82, 2.24) is 4.98 Å².